The zero-order valence-corrected chi connectivity index (χ0v) is 17.4. The molecule has 31 heavy (non-hydrogen) atoms. The third-order valence-corrected chi connectivity index (χ3v) is 5.45. The summed E-state index contributed by atoms with van der Waals surface area (Å²) < 4.78 is 32.7. The lowest BCUT2D eigenvalue weighted by molar-refractivity contribution is -0.0498. The highest BCUT2D eigenvalue weighted by Gasteiger charge is 2.15. The van der Waals surface area contributed by atoms with E-state index in [4.69, 9.17) is 0 Å². The average molecular weight is 443 g/mol. The van der Waals surface area contributed by atoms with Crippen molar-refractivity contribution in [1.82, 2.24) is 35.0 Å². The van der Waals surface area contributed by atoms with Gasteiger partial charge in [-0.1, -0.05) is 42.1 Å². The summed E-state index contributed by atoms with van der Waals surface area (Å²) >= 11 is 1.48. The maximum Gasteiger partial charge on any atom is 0.387 e. The predicted octanol–water partition coefficient (Wildman–Crippen LogP) is 3.76. The highest BCUT2D eigenvalue weighted by molar-refractivity contribution is 7.98. The van der Waals surface area contributed by atoms with Crippen molar-refractivity contribution in [1.29, 1.82) is 0 Å². The minimum atomic E-state index is -2.87. The molecule has 0 aliphatic rings. The summed E-state index contributed by atoms with van der Waals surface area (Å²) in [4.78, 5) is 0. The van der Waals surface area contributed by atoms with Crippen molar-refractivity contribution >= 4 is 11.8 Å². The van der Waals surface area contributed by atoms with Gasteiger partial charge in [0.2, 0.25) is 0 Å². The predicted molar refractivity (Wildman–Crippen MR) is 110 cm³/mol. The van der Waals surface area contributed by atoms with Crippen LogP contribution in [0.25, 0.3) is 5.69 Å². The van der Waals surface area contributed by atoms with E-state index in [1.807, 2.05) is 18.2 Å². The molecule has 0 bridgehead atoms. The second kappa shape index (κ2) is 9.65. The molecule has 0 amide bonds. The lowest BCUT2D eigenvalue weighted by Gasteiger charge is -2.08. The Balaban J connectivity index is 1.46. The molecule has 0 saturated heterocycles. The number of aromatic nitrogens is 7. The van der Waals surface area contributed by atoms with Gasteiger partial charge in [0, 0.05) is 13.0 Å². The van der Waals surface area contributed by atoms with Crippen LogP contribution in [0.4, 0.5) is 8.78 Å². The Labute approximate surface area is 181 Å². The fourth-order valence-corrected chi connectivity index (χ4v) is 3.97. The first-order valence-corrected chi connectivity index (χ1v) is 10.5. The second-order valence-corrected chi connectivity index (χ2v) is 7.42. The zero-order chi connectivity index (χ0) is 21.6. The number of hydrogen-bond donors (Lipinski definition) is 0. The molecule has 0 N–H and O–H groups in total. The van der Waals surface area contributed by atoms with Crippen LogP contribution in [0.3, 0.4) is 0 Å². The minimum absolute atomic E-state index is 0.0738. The molecule has 0 aliphatic carbocycles. The van der Waals surface area contributed by atoms with E-state index >= 15 is 0 Å². The van der Waals surface area contributed by atoms with Gasteiger partial charge in [0.1, 0.15) is 11.6 Å². The Kier molecular flexibility index (Phi) is 6.51. The van der Waals surface area contributed by atoms with Crippen LogP contribution >= 0.6 is 11.8 Å². The van der Waals surface area contributed by atoms with Crippen LogP contribution in [0.5, 0.6) is 5.75 Å². The van der Waals surface area contributed by atoms with Crippen molar-refractivity contribution in [2.24, 2.45) is 0 Å². The van der Waals surface area contributed by atoms with E-state index in [1.165, 1.54) is 29.5 Å². The molecule has 2 heterocycles. The van der Waals surface area contributed by atoms with E-state index < -0.39 is 6.61 Å². The van der Waals surface area contributed by atoms with Crippen molar-refractivity contribution in [3.8, 4) is 11.4 Å². The van der Waals surface area contributed by atoms with Crippen molar-refractivity contribution < 1.29 is 13.5 Å². The molecule has 0 spiro atoms. The number of thioether (sulfide) groups is 1. The van der Waals surface area contributed by atoms with Crippen LogP contribution in [-0.2, 0) is 18.7 Å². The normalized spacial score (nSPS) is 11.2. The molecular formula is C20H19F2N7OS. The van der Waals surface area contributed by atoms with Crippen molar-refractivity contribution in [3.05, 3.63) is 71.8 Å². The van der Waals surface area contributed by atoms with Crippen molar-refractivity contribution in [2.75, 3.05) is 0 Å². The standard InChI is InChI=1S/C20H19F2N7OS/c1-2-28-17(12-14-6-4-3-5-7-14)23-25-20(28)31-13-18-24-26-27-29(18)15-8-10-16(11-9-15)30-19(21)22/h3-11,19H,2,12-13H2,1H3. The Bertz CT molecular complexity index is 1120. The number of rotatable bonds is 9. The first-order valence-electron chi connectivity index (χ1n) is 9.55. The molecular weight excluding hydrogens is 424 g/mol. The number of hydrogen-bond acceptors (Lipinski definition) is 7. The van der Waals surface area contributed by atoms with E-state index in [0.717, 1.165) is 17.5 Å². The summed E-state index contributed by atoms with van der Waals surface area (Å²) in [6, 6.07) is 16.3. The largest absolute Gasteiger partial charge is 0.435 e. The van der Waals surface area contributed by atoms with Crippen LogP contribution < -0.4 is 4.74 Å². The molecule has 0 saturated carbocycles. The third-order valence-electron chi connectivity index (χ3n) is 4.49. The van der Waals surface area contributed by atoms with Gasteiger partial charge >= 0.3 is 6.61 Å². The van der Waals surface area contributed by atoms with Gasteiger partial charge in [-0.05, 0) is 47.2 Å². The minimum Gasteiger partial charge on any atom is -0.435 e. The topological polar surface area (TPSA) is 83.5 Å². The molecule has 160 valence electrons. The third kappa shape index (κ3) is 5.05. The second-order valence-electron chi connectivity index (χ2n) is 6.47. The quantitative estimate of drug-likeness (QED) is 0.364. The molecule has 2 aromatic carbocycles. The monoisotopic (exact) mass is 443 g/mol. The number of benzene rings is 2. The first kappa shape index (κ1) is 20.9. The summed E-state index contributed by atoms with van der Waals surface area (Å²) in [5, 5.41) is 21.3. The fourth-order valence-electron chi connectivity index (χ4n) is 3.05. The van der Waals surface area contributed by atoms with E-state index in [-0.39, 0.29) is 5.75 Å². The molecule has 4 aromatic rings. The molecule has 11 heteroatoms. The van der Waals surface area contributed by atoms with Crippen LogP contribution in [0, 0.1) is 0 Å². The Morgan fingerprint density at radius 2 is 1.74 bits per heavy atom. The Hall–Kier alpha value is -3.34. The van der Waals surface area contributed by atoms with Crippen molar-refractivity contribution in [3.63, 3.8) is 0 Å². The number of alkyl halides is 2. The molecule has 0 atom stereocenters. The van der Waals surface area contributed by atoms with Gasteiger partial charge in [-0.3, -0.25) is 0 Å². The molecule has 8 nitrogen and oxygen atoms in total. The van der Waals surface area contributed by atoms with Gasteiger partial charge in [0.05, 0.1) is 11.4 Å². The van der Waals surface area contributed by atoms with Crippen LogP contribution in [-0.4, -0.2) is 41.6 Å². The summed E-state index contributed by atoms with van der Waals surface area (Å²) in [7, 11) is 0. The SMILES string of the molecule is CCn1c(Cc2ccccc2)nnc1SCc1nnnn1-c1ccc(OC(F)F)cc1. The van der Waals surface area contributed by atoms with Crippen molar-refractivity contribution in [2.45, 2.75) is 37.4 Å². The van der Waals surface area contributed by atoms with E-state index in [2.05, 4.69) is 54.1 Å². The Morgan fingerprint density at radius 1 is 0.968 bits per heavy atom. The lowest BCUT2D eigenvalue weighted by atomic mass is 10.1. The van der Waals surface area contributed by atoms with Gasteiger partial charge in [-0.25, -0.2) is 0 Å². The number of tetrazole rings is 1. The molecule has 0 aliphatic heterocycles. The molecule has 4 rings (SSSR count). The Morgan fingerprint density at radius 3 is 2.45 bits per heavy atom. The molecule has 2 aromatic heterocycles. The lowest BCUT2D eigenvalue weighted by Crippen LogP contribution is -2.06. The number of halogens is 2. The molecule has 0 fully saturated rings. The van der Waals surface area contributed by atoms with E-state index in [0.29, 0.717) is 23.7 Å². The average Bonchev–Trinajstić information content (AvgIpc) is 3.39. The zero-order valence-electron chi connectivity index (χ0n) is 16.6. The van der Waals surface area contributed by atoms with Gasteiger partial charge in [0.25, 0.3) is 0 Å². The summed E-state index contributed by atoms with van der Waals surface area (Å²) in [5.41, 5.74) is 1.81. The fraction of sp³-hybridized carbons (Fsp3) is 0.250. The van der Waals surface area contributed by atoms with Gasteiger partial charge in [-0.2, -0.15) is 13.5 Å². The van der Waals surface area contributed by atoms with Gasteiger partial charge in [0.15, 0.2) is 11.0 Å². The van der Waals surface area contributed by atoms with Gasteiger partial charge in [-0.15, -0.1) is 15.3 Å². The number of nitrogens with zero attached hydrogens (tertiary/aromatic N) is 7. The summed E-state index contributed by atoms with van der Waals surface area (Å²) in [6.45, 7) is -0.0724. The van der Waals surface area contributed by atoms with E-state index in [1.54, 1.807) is 16.8 Å². The van der Waals surface area contributed by atoms with Crippen LogP contribution in [0.1, 0.15) is 24.1 Å². The summed E-state index contributed by atoms with van der Waals surface area (Å²) in [6.07, 6.45) is 0.701. The highest BCUT2D eigenvalue weighted by Crippen LogP contribution is 2.24. The maximum absolute atomic E-state index is 12.3. The molecule has 0 unspecified atom stereocenters. The maximum atomic E-state index is 12.3. The van der Waals surface area contributed by atoms with E-state index in [9.17, 15) is 8.78 Å². The smallest absolute Gasteiger partial charge is 0.387 e. The van der Waals surface area contributed by atoms with Crippen LogP contribution in [0.2, 0.25) is 0 Å². The molecule has 0 radical (unpaired) electrons. The summed E-state index contributed by atoms with van der Waals surface area (Å²) in [5.74, 6) is 2.03. The first-order chi connectivity index (χ1) is 15.1. The number of ether oxygens (including phenoxy) is 1. The van der Waals surface area contributed by atoms with Crippen LogP contribution in [0.15, 0.2) is 59.8 Å². The highest BCUT2D eigenvalue weighted by atomic mass is 32.2. The van der Waals surface area contributed by atoms with Gasteiger partial charge < -0.3 is 9.30 Å².